The lowest BCUT2D eigenvalue weighted by molar-refractivity contribution is -0.179. The third kappa shape index (κ3) is 13.4. The van der Waals surface area contributed by atoms with Gasteiger partial charge in [0, 0.05) is 5.92 Å². The zero-order valence-electron chi connectivity index (χ0n) is 30.9. The van der Waals surface area contributed by atoms with Crippen LogP contribution in [0.15, 0.2) is 60.7 Å². The van der Waals surface area contributed by atoms with Gasteiger partial charge in [0.15, 0.2) is 0 Å². The first-order valence-electron chi connectivity index (χ1n) is 18.0. The van der Waals surface area contributed by atoms with Gasteiger partial charge in [-0.05, 0) is 58.1 Å². The minimum Gasteiger partial charge on any atom is -0.461 e. The quantitative estimate of drug-likeness (QED) is 0.0875. The van der Waals surface area contributed by atoms with Crippen molar-refractivity contribution in [1.82, 2.24) is 4.90 Å². The number of unbranched alkanes of at least 4 members (excludes halogenated alkanes) is 4. The molecule has 1 saturated heterocycles. The zero-order chi connectivity index (χ0) is 36.7. The van der Waals surface area contributed by atoms with E-state index in [1.54, 1.807) is 41.5 Å². The van der Waals surface area contributed by atoms with Crippen LogP contribution in [0.4, 0.5) is 4.79 Å². The fourth-order valence-corrected chi connectivity index (χ4v) is 5.78. The average molecular weight is 696 g/mol. The van der Waals surface area contributed by atoms with Crippen LogP contribution in [-0.4, -0.2) is 65.6 Å². The number of rotatable bonds is 18. The van der Waals surface area contributed by atoms with Crippen molar-refractivity contribution in [2.45, 2.75) is 136 Å². The molecular weight excluding hydrogens is 638 g/mol. The van der Waals surface area contributed by atoms with E-state index in [4.69, 9.17) is 23.7 Å². The summed E-state index contributed by atoms with van der Waals surface area (Å²) < 4.78 is 28.9. The third-order valence-electron chi connectivity index (χ3n) is 8.65. The second-order valence-corrected chi connectivity index (χ2v) is 14.5. The summed E-state index contributed by atoms with van der Waals surface area (Å²) in [7, 11) is 0. The van der Waals surface area contributed by atoms with Crippen LogP contribution in [-0.2, 0) is 51.1 Å². The van der Waals surface area contributed by atoms with E-state index in [2.05, 4.69) is 6.92 Å². The lowest BCUT2D eigenvalue weighted by Gasteiger charge is -2.29. The lowest BCUT2D eigenvalue weighted by atomic mass is 9.97. The summed E-state index contributed by atoms with van der Waals surface area (Å²) >= 11 is 0. The highest BCUT2D eigenvalue weighted by molar-refractivity contribution is 5.81. The van der Waals surface area contributed by atoms with Crippen molar-refractivity contribution < 1.29 is 42.9 Å². The summed E-state index contributed by atoms with van der Waals surface area (Å²) in [5, 5.41) is 0. The summed E-state index contributed by atoms with van der Waals surface area (Å²) in [4.78, 5) is 54.8. The molecule has 0 spiro atoms. The molecule has 1 heterocycles. The Morgan fingerprint density at radius 3 is 2.06 bits per heavy atom. The van der Waals surface area contributed by atoms with E-state index in [1.165, 1.54) is 4.90 Å². The first-order chi connectivity index (χ1) is 23.8. The molecule has 0 unspecified atom stereocenters. The van der Waals surface area contributed by atoms with Crippen LogP contribution in [0.2, 0.25) is 0 Å². The first kappa shape index (κ1) is 40.5. The molecule has 0 aromatic heterocycles. The van der Waals surface area contributed by atoms with Gasteiger partial charge in [0.05, 0.1) is 24.5 Å². The Balaban J connectivity index is 1.71. The zero-order valence-corrected chi connectivity index (χ0v) is 30.9. The average Bonchev–Trinajstić information content (AvgIpc) is 3.46. The van der Waals surface area contributed by atoms with Crippen LogP contribution in [0.25, 0.3) is 0 Å². The van der Waals surface area contributed by atoms with Gasteiger partial charge in [0.2, 0.25) is 6.10 Å². The summed E-state index contributed by atoms with van der Waals surface area (Å²) in [6, 6.07) is 18.5. The summed E-state index contributed by atoms with van der Waals surface area (Å²) in [6.07, 6.45) is 2.65. The normalized spacial score (nSPS) is 17.9. The highest BCUT2D eigenvalue weighted by atomic mass is 16.6. The summed E-state index contributed by atoms with van der Waals surface area (Å²) in [5.41, 5.74) is 1.11. The molecule has 276 valence electrons. The Labute approximate surface area is 298 Å². The molecule has 0 saturated carbocycles. The predicted molar refractivity (Wildman–Crippen MR) is 190 cm³/mol. The van der Waals surface area contributed by atoms with E-state index in [-0.39, 0.29) is 25.7 Å². The van der Waals surface area contributed by atoms with Crippen LogP contribution >= 0.6 is 0 Å². The number of hydrogen-bond donors (Lipinski definition) is 0. The Kier molecular flexibility index (Phi) is 16.3. The number of ether oxygens (including phenoxy) is 5. The number of amides is 1. The van der Waals surface area contributed by atoms with Gasteiger partial charge >= 0.3 is 24.0 Å². The molecule has 0 N–H and O–H groups in total. The second-order valence-electron chi connectivity index (χ2n) is 14.5. The van der Waals surface area contributed by atoms with E-state index in [1.807, 2.05) is 60.7 Å². The molecule has 10 nitrogen and oxygen atoms in total. The number of benzene rings is 2. The van der Waals surface area contributed by atoms with E-state index >= 15 is 0 Å². The molecule has 1 aliphatic rings. The predicted octanol–water partition coefficient (Wildman–Crippen LogP) is 7.80. The van der Waals surface area contributed by atoms with E-state index in [9.17, 15) is 19.2 Å². The van der Waals surface area contributed by atoms with Crippen molar-refractivity contribution in [1.29, 1.82) is 0 Å². The molecule has 2 aromatic carbocycles. The maximum atomic E-state index is 13.6. The molecule has 2 aromatic rings. The topological polar surface area (TPSA) is 118 Å². The van der Waals surface area contributed by atoms with E-state index in [0.717, 1.165) is 43.2 Å². The van der Waals surface area contributed by atoms with Gasteiger partial charge in [-0.3, -0.25) is 14.5 Å². The lowest BCUT2D eigenvalue weighted by Crippen LogP contribution is -2.44. The molecule has 5 atom stereocenters. The fraction of sp³-hybridized carbons (Fsp3) is 0.600. The number of hydrogen-bond acceptors (Lipinski definition) is 9. The smallest absolute Gasteiger partial charge is 0.412 e. The van der Waals surface area contributed by atoms with Gasteiger partial charge in [-0.1, -0.05) is 107 Å². The molecule has 0 radical (unpaired) electrons. The molecule has 1 aliphatic heterocycles. The second kappa shape index (κ2) is 20.1. The Bertz CT molecular complexity index is 1340. The standard InChI is InChI=1S/C40H57NO9/c1-8-9-10-11-18-23-33(29(4)37(43)49-36(28(2)3)38(44)46-26-31-21-16-13-17-22-31)48-35(42)25-34-32(24-30-19-14-12-15-20-30)41(27-47-34)39(45)50-40(5,6)7/h12-17,19-22,28-29,32-34,36H,8-11,18,23-27H2,1-7H3/t29-,32-,33+,34+,36-/m0/s1. The van der Waals surface area contributed by atoms with Gasteiger partial charge in [-0.15, -0.1) is 0 Å². The van der Waals surface area contributed by atoms with Gasteiger partial charge in [-0.2, -0.15) is 0 Å². The largest absolute Gasteiger partial charge is 0.461 e. The van der Waals surface area contributed by atoms with Crippen molar-refractivity contribution in [3.8, 4) is 0 Å². The number of nitrogens with zero attached hydrogens (tertiary/aromatic N) is 1. The maximum absolute atomic E-state index is 13.6. The highest BCUT2D eigenvalue weighted by Crippen LogP contribution is 2.28. The Morgan fingerprint density at radius 1 is 0.840 bits per heavy atom. The molecule has 1 amide bonds. The van der Waals surface area contributed by atoms with Gasteiger partial charge in [0.25, 0.3) is 0 Å². The fourth-order valence-electron chi connectivity index (χ4n) is 5.78. The van der Waals surface area contributed by atoms with Crippen molar-refractivity contribution in [3.63, 3.8) is 0 Å². The van der Waals surface area contributed by atoms with Crippen LogP contribution in [0, 0.1) is 11.8 Å². The third-order valence-corrected chi connectivity index (χ3v) is 8.65. The van der Waals surface area contributed by atoms with Crippen LogP contribution in [0.5, 0.6) is 0 Å². The van der Waals surface area contributed by atoms with Crippen LogP contribution in [0.1, 0.15) is 105 Å². The Morgan fingerprint density at radius 2 is 1.46 bits per heavy atom. The monoisotopic (exact) mass is 695 g/mol. The van der Waals surface area contributed by atoms with Gasteiger partial charge in [-0.25, -0.2) is 9.59 Å². The molecular formula is C40H57NO9. The summed E-state index contributed by atoms with van der Waals surface area (Å²) in [5.74, 6) is -2.98. The van der Waals surface area contributed by atoms with Crippen LogP contribution < -0.4 is 0 Å². The Hall–Kier alpha value is -3.92. The van der Waals surface area contributed by atoms with Crippen molar-refractivity contribution in [3.05, 3.63) is 71.8 Å². The molecule has 0 bridgehead atoms. The SMILES string of the molecule is CCCCCCC[C@@H](OC(=O)C[C@H]1OCN(C(=O)OC(C)(C)C)[C@H]1Cc1ccccc1)[C@H](C)C(=O)O[C@H](C(=O)OCc1ccccc1)C(C)C. The molecule has 3 rings (SSSR count). The molecule has 10 heteroatoms. The minimum atomic E-state index is -1.11. The number of esters is 3. The minimum absolute atomic E-state index is 0.0229. The van der Waals surface area contributed by atoms with Crippen LogP contribution in [0.3, 0.4) is 0 Å². The van der Waals surface area contributed by atoms with Crippen molar-refractivity contribution in [2.75, 3.05) is 6.73 Å². The number of carbonyl (C=O) groups excluding carboxylic acids is 4. The van der Waals surface area contributed by atoms with Crippen molar-refractivity contribution in [2.24, 2.45) is 11.8 Å². The molecule has 0 aliphatic carbocycles. The molecule has 1 fully saturated rings. The summed E-state index contributed by atoms with van der Waals surface area (Å²) in [6.45, 7) is 12.8. The first-order valence-corrected chi connectivity index (χ1v) is 18.0. The van der Waals surface area contributed by atoms with Gasteiger partial charge < -0.3 is 23.7 Å². The highest BCUT2D eigenvalue weighted by Gasteiger charge is 2.42. The van der Waals surface area contributed by atoms with Crippen molar-refractivity contribution >= 4 is 24.0 Å². The van der Waals surface area contributed by atoms with E-state index in [0.29, 0.717) is 12.8 Å². The number of carbonyl (C=O) groups is 4. The maximum Gasteiger partial charge on any atom is 0.412 e. The molecule has 50 heavy (non-hydrogen) atoms. The van der Waals surface area contributed by atoms with E-state index < -0.39 is 59.9 Å². The van der Waals surface area contributed by atoms with Gasteiger partial charge in [0.1, 0.15) is 25.0 Å².